The molecule has 200 valence electrons. The Morgan fingerprint density at radius 2 is 1.87 bits per heavy atom. The standard InChI is InChI=1S/C29H27ClN4O4S/c30-25-12-5-4-8-21(25)17-31-27(35)20-13-14-24-26(16-20)32-29(33(28(24)36)22-9-2-1-3-10-22)39-18-19-7-6-11-23(15-19)34(37)38/h4-8,11-16,22H,1-3,9-10,17-18H2,(H,31,35). The van der Waals surface area contributed by atoms with Crippen LogP contribution in [0, 0.1) is 10.1 Å². The van der Waals surface area contributed by atoms with Crippen molar-refractivity contribution in [2.24, 2.45) is 0 Å². The summed E-state index contributed by atoms with van der Waals surface area (Å²) in [6.07, 6.45) is 5.05. The second kappa shape index (κ2) is 12.0. The van der Waals surface area contributed by atoms with E-state index in [1.54, 1.807) is 41.0 Å². The van der Waals surface area contributed by atoms with Crippen LogP contribution < -0.4 is 10.9 Å². The Labute approximate surface area is 234 Å². The molecule has 0 aliphatic heterocycles. The number of benzene rings is 3. The van der Waals surface area contributed by atoms with Crippen molar-refractivity contribution in [1.82, 2.24) is 14.9 Å². The summed E-state index contributed by atoms with van der Waals surface area (Å²) in [5, 5.41) is 15.7. The number of nitrogens with one attached hydrogen (secondary N) is 1. The van der Waals surface area contributed by atoms with Crippen molar-refractivity contribution >= 4 is 45.9 Å². The van der Waals surface area contributed by atoms with Gasteiger partial charge in [0.25, 0.3) is 17.2 Å². The third-order valence-corrected chi connectivity index (χ3v) is 8.35. The lowest BCUT2D eigenvalue weighted by Gasteiger charge is -2.26. The van der Waals surface area contributed by atoms with E-state index in [1.807, 2.05) is 24.3 Å². The van der Waals surface area contributed by atoms with Crippen LogP contribution in [0.3, 0.4) is 0 Å². The molecule has 3 aromatic carbocycles. The molecular formula is C29H27ClN4O4S. The Hall–Kier alpha value is -3.69. The number of hydrogen-bond donors (Lipinski definition) is 1. The lowest BCUT2D eigenvalue weighted by atomic mass is 9.95. The highest BCUT2D eigenvalue weighted by molar-refractivity contribution is 7.98. The summed E-state index contributed by atoms with van der Waals surface area (Å²) in [6.45, 7) is 0.275. The van der Waals surface area contributed by atoms with Gasteiger partial charge < -0.3 is 5.32 Å². The number of fused-ring (bicyclic) bond motifs is 1. The van der Waals surface area contributed by atoms with Gasteiger partial charge in [-0.25, -0.2) is 4.98 Å². The second-order valence-electron chi connectivity index (χ2n) is 9.58. The third kappa shape index (κ3) is 6.15. The number of amides is 1. The van der Waals surface area contributed by atoms with Crippen LogP contribution in [0.15, 0.2) is 76.7 Å². The Morgan fingerprint density at radius 3 is 2.64 bits per heavy atom. The van der Waals surface area contributed by atoms with Gasteiger partial charge in [0.2, 0.25) is 0 Å². The summed E-state index contributed by atoms with van der Waals surface area (Å²) < 4.78 is 1.79. The van der Waals surface area contributed by atoms with Gasteiger partial charge in [0, 0.05) is 41.1 Å². The molecule has 0 spiro atoms. The number of nitro groups is 1. The molecule has 8 nitrogen and oxygen atoms in total. The van der Waals surface area contributed by atoms with E-state index in [9.17, 15) is 19.7 Å². The molecule has 0 radical (unpaired) electrons. The van der Waals surface area contributed by atoms with Gasteiger partial charge in [-0.1, -0.05) is 73.0 Å². The maximum Gasteiger partial charge on any atom is 0.269 e. The SMILES string of the molecule is O=C(NCc1ccccc1Cl)c1ccc2c(=O)n(C3CCCCC3)c(SCc3cccc([N+](=O)[O-])c3)nc2c1. The van der Waals surface area contributed by atoms with Crippen LogP contribution in [0.1, 0.15) is 59.6 Å². The molecule has 1 aliphatic carbocycles. The second-order valence-corrected chi connectivity index (χ2v) is 10.9. The Kier molecular flexibility index (Phi) is 8.28. The van der Waals surface area contributed by atoms with E-state index < -0.39 is 4.92 Å². The number of thioether (sulfide) groups is 1. The number of nitrogens with zero attached hydrogens (tertiary/aromatic N) is 3. The van der Waals surface area contributed by atoms with Gasteiger partial charge in [0.1, 0.15) is 0 Å². The molecule has 39 heavy (non-hydrogen) atoms. The van der Waals surface area contributed by atoms with Crippen LogP contribution >= 0.6 is 23.4 Å². The average Bonchev–Trinajstić information content (AvgIpc) is 2.96. The summed E-state index contributed by atoms with van der Waals surface area (Å²) in [5.41, 5.74) is 2.31. The van der Waals surface area contributed by atoms with Crippen molar-refractivity contribution < 1.29 is 9.72 Å². The van der Waals surface area contributed by atoms with Gasteiger partial charge in [-0.2, -0.15) is 0 Å². The van der Waals surface area contributed by atoms with E-state index in [2.05, 4.69) is 5.32 Å². The summed E-state index contributed by atoms with van der Waals surface area (Å²) >= 11 is 7.59. The predicted molar refractivity (Wildman–Crippen MR) is 153 cm³/mol. The van der Waals surface area contributed by atoms with Crippen molar-refractivity contribution in [1.29, 1.82) is 0 Å². The van der Waals surface area contributed by atoms with Gasteiger partial charge in [0.05, 0.1) is 15.8 Å². The van der Waals surface area contributed by atoms with E-state index >= 15 is 0 Å². The summed E-state index contributed by atoms with van der Waals surface area (Å²) in [6, 6.07) is 18.8. The predicted octanol–water partition coefficient (Wildman–Crippen LogP) is 6.69. The zero-order valence-corrected chi connectivity index (χ0v) is 22.7. The molecule has 1 N–H and O–H groups in total. The van der Waals surface area contributed by atoms with E-state index in [0.717, 1.165) is 43.2 Å². The van der Waals surface area contributed by atoms with Crippen molar-refractivity contribution in [3.05, 3.63) is 109 Å². The lowest BCUT2D eigenvalue weighted by Crippen LogP contribution is -2.29. The van der Waals surface area contributed by atoms with Crippen LogP contribution in [0.5, 0.6) is 0 Å². The van der Waals surface area contributed by atoms with Crippen molar-refractivity contribution in [2.45, 2.75) is 55.6 Å². The molecule has 10 heteroatoms. The first-order valence-corrected chi connectivity index (χ1v) is 14.2. The quantitative estimate of drug-likeness (QED) is 0.111. The maximum atomic E-state index is 13.7. The monoisotopic (exact) mass is 562 g/mol. The molecule has 1 amide bonds. The molecule has 5 rings (SSSR count). The molecular weight excluding hydrogens is 536 g/mol. The van der Waals surface area contributed by atoms with Crippen LogP contribution in [0.4, 0.5) is 5.69 Å². The molecule has 0 atom stereocenters. The fourth-order valence-electron chi connectivity index (χ4n) is 4.91. The summed E-state index contributed by atoms with van der Waals surface area (Å²) in [7, 11) is 0. The number of carbonyl (C=O) groups is 1. The largest absolute Gasteiger partial charge is 0.348 e. The number of hydrogen-bond acceptors (Lipinski definition) is 6. The van der Waals surface area contributed by atoms with Crippen molar-refractivity contribution in [2.75, 3.05) is 0 Å². The van der Waals surface area contributed by atoms with Gasteiger partial charge in [-0.15, -0.1) is 0 Å². The van der Waals surface area contributed by atoms with E-state index in [1.165, 1.54) is 17.8 Å². The van der Waals surface area contributed by atoms with Gasteiger partial charge in [0.15, 0.2) is 5.16 Å². The Morgan fingerprint density at radius 1 is 1.08 bits per heavy atom. The number of rotatable bonds is 8. The van der Waals surface area contributed by atoms with Crippen LogP contribution in [-0.2, 0) is 12.3 Å². The minimum Gasteiger partial charge on any atom is -0.348 e. The number of aromatic nitrogens is 2. The molecule has 1 aliphatic rings. The molecule has 1 fully saturated rings. The van der Waals surface area contributed by atoms with Crippen LogP contribution in [-0.4, -0.2) is 20.4 Å². The number of halogens is 1. The Bertz CT molecular complexity index is 1600. The van der Waals surface area contributed by atoms with Crippen molar-refractivity contribution in [3.63, 3.8) is 0 Å². The first-order valence-electron chi connectivity index (χ1n) is 12.8. The number of nitro benzene ring substituents is 1. The fraction of sp³-hybridized carbons (Fsp3) is 0.276. The summed E-state index contributed by atoms with van der Waals surface area (Å²) in [5.74, 6) is 0.130. The molecule has 1 saturated carbocycles. The zero-order chi connectivity index (χ0) is 27.4. The summed E-state index contributed by atoms with van der Waals surface area (Å²) in [4.78, 5) is 42.3. The van der Waals surface area contributed by atoms with E-state index in [4.69, 9.17) is 16.6 Å². The highest BCUT2D eigenvalue weighted by Crippen LogP contribution is 2.32. The number of non-ortho nitro benzene ring substituents is 1. The van der Waals surface area contributed by atoms with E-state index in [0.29, 0.717) is 32.4 Å². The highest BCUT2D eigenvalue weighted by Gasteiger charge is 2.23. The van der Waals surface area contributed by atoms with Gasteiger partial charge in [-0.3, -0.25) is 24.3 Å². The minimum absolute atomic E-state index is 0.0247. The fourth-order valence-corrected chi connectivity index (χ4v) is 6.12. The first kappa shape index (κ1) is 26.9. The highest BCUT2D eigenvalue weighted by atomic mass is 35.5. The van der Waals surface area contributed by atoms with Crippen LogP contribution in [0.2, 0.25) is 5.02 Å². The van der Waals surface area contributed by atoms with Crippen LogP contribution in [0.25, 0.3) is 10.9 Å². The van der Waals surface area contributed by atoms with Crippen molar-refractivity contribution in [3.8, 4) is 0 Å². The smallest absolute Gasteiger partial charge is 0.269 e. The molecule has 0 saturated heterocycles. The Balaban J connectivity index is 1.46. The molecule has 4 aromatic rings. The van der Waals surface area contributed by atoms with Gasteiger partial charge >= 0.3 is 0 Å². The lowest BCUT2D eigenvalue weighted by molar-refractivity contribution is -0.384. The zero-order valence-electron chi connectivity index (χ0n) is 21.1. The molecule has 0 bridgehead atoms. The third-order valence-electron chi connectivity index (χ3n) is 6.96. The molecule has 1 heterocycles. The maximum absolute atomic E-state index is 13.7. The van der Waals surface area contributed by atoms with E-state index in [-0.39, 0.29) is 29.7 Å². The molecule has 0 unspecified atom stereocenters. The molecule has 1 aromatic heterocycles. The average molecular weight is 563 g/mol. The first-order chi connectivity index (χ1) is 18.9. The minimum atomic E-state index is -0.418. The number of carbonyl (C=O) groups excluding carboxylic acids is 1. The topological polar surface area (TPSA) is 107 Å². The normalized spacial score (nSPS) is 13.9. The van der Waals surface area contributed by atoms with Gasteiger partial charge in [-0.05, 0) is 48.2 Å².